The summed E-state index contributed by atoms with van der Waals surface area (Å²) in [5, 5.41) is 0.680. The summed E-state index contributed by atoms with van der Waals surface area (Å²) in [7, 11) is 0. The fourth-order valence-electron chi connectivity index (χ4n) is 5.56. The normalized spacial score (nSPS) is 17.1. The van der Waals surface area contributed by atoms with Gasteiger partial charge in [-0.3, -0.25) is 0 Å². The van der Waals surface area contributed by atoms with Crippen LogP contribution in [0.25, 0.3) is 0 Å². The van der Waals surface area contributed by atoms with E-state index in [2.05, 4.69) is 119 Å². The molecule has 0 aromatic heterocycles. The lowest BCUT2D eigenvalue weighted by molar-refractivity contribution is 0.590. The van der Waals surface area contributed by atoms with Crippen molar-refractivity contribution >= 4 is 40.3 Å². The van der Waals surface area contributed by atoms with Crippen molar-refractivity contribution in [3.8, 4) is 0 Å². The van der Waals surface area contributed by atoms with Crippen molar-refractivity contribution in [3.05, 3.63) is 111 Å². The van der Waals surface area contributed by atoms with Gasteiger partial charge in [0.25, 0.3) is 0 Å². The van der Waals surface area contributed by atoms with E-state index >= 15 is 0 Å². The molecule has 3 aromatic rings. The van der Waals surface area contributed by atoms with Crippen molar-refractivity contribution in [2.75, 3.05) is 4.90 Å². The first kappa shape index (κ1) is 30.5. The van der Waals surface area contributed by atoms with Gasteiger partial charge >= 0.3 is 0 Å². The maximum Gasteiger partial charge on any atom is 0.0729 e. The molecule has 0 N–H and O–H groups in total. The Kier molecular flexibility index (Phi) is 9.28. The van der Waals surface area contributed by atoms with Crippen molar-refractivity contribution in [2.24, 2.45) is 0 Å². The van der Waals surface area contributed by atoms with Crippen molar-refractivity contribution in [2.45, 2.75) is 97.3 Å². The first-order valence-electron chi connectivity index (χ1n) is 14.8. The van der Waals surface area contributed by atoms with E-state index < -0.39 is 0 Å². The number of rotatable bonds is 3. The zero-order chi connectivity index (χ0) is 29.2. The third kappa shape index (κ3) is 6.69. The lowest BCUT2D eigenvalue weighted by Crippen LogP contribution is -2.14. The second kappa shape index (κ2) is 12.2. The third-order valence-electron chi connectivity index (χ3n) is 8.00. The Morgan fingerprint density at radius 3 is 1.68 bits per heavy atom. The Balaban J connectivity index is 0.00000181. The topological polar surface area (TPSA) is 3.24 Å². The molecule has 0 spiro atoms. The summed E-state index contributed by atoms with van der Waals surface area (Å²) in [5.41, 5.74) is 12.0. The minimum atomic E-state index is -0.0881. The monoisotopic (exact) mass is 573 g/mol. The molecule has 0 aliphatic heterocycles. The highest BCUT2D eigenvalue weighted by Gasteiger charge is 2.25. The quantitative estimate of drug-likeness (QED) is 0.281. The van der Waals surface area contributed by atoms with Crippen molar-refractivity contribution in [1.82, 2.24) is 0 Å². The molecule has 0 radical (unpaired) electrons. The van der Waals surface area contributed by atoms with Gasteiger partial charge in [-0.15, -0.1) is 11.6 Å². The maximum atomic E-state index is 6.49. The Hall–Kier alpha value is -2.48. The van der Waals surface area contributed by atoms with Crippen molar-refractivity contribution < 1.29 is 0 Å². The van der Waals surface area contributed by atoms with E-state index in [9.17, 15) is 0 Å². The predicted molar refractivity (Wildman–Crippen MR) is 177 cm³/mol. The van der Waals surface area contributed by atoms with E-state index in [1.807, 2.05) is 13.8 Å². The SMILES string of the molecule is CC.CC(C)(C)c1ccc(N(c2ccc(C(C)(C)C)cc2)c2ccc3c(c2)CC2=C(CC3)CC(Cl)C(Cl)=C2)cc1. The molecule has 3 aromatic carbocycles. The van der Waals surface area contributed by atoms with E-state index in [0.29, 0.717) is 0 Å². The van der Waals surface area contributed by atoms with Crippen molar-refractivity contribution in [3.63, 3.8) is 0 Å². The number of aryl methyl sites for hydroxylation is 1. The number of anilines is 3. The molecule has 0 fully saturated rings. The zero-order valence-electron chi connectivity index (χ0n) is 25.5. The number of alkyl halides is 1. The summed E-state index contributed by atoms with van der Waals surface area (Å²) >= 11 is 13.0. The van der Waals surface area contributed by atoms with Crippen LogP contribution in [0.5, 0.6) is 0 Å². The lowest BCUT2D eigenvalue weighted by atomic mass is 9.86. The molecule has 0 amide bonds. The Labute approximate surface area is 252 Å². The Bertz CT molecular complexity index is 1320. The fraction of sp³-hybridized carbons (Fsp3) is 0.405. The number of hydrogen-bond donors (Lipinski definition) is 0. The van der Waals surface area contributed by atoms with Gasteiger partial charge in [-0.05, 0) is 107 Å². The second-order valence-electron chi connectivity index (χ2n) is 12.9. The number of nitrogens with zero attached hydrogens (tertiary/aromatic N) is 1. The second-order valence-corrected chi connectivity index (χ2v) is 13.9. The highest BCUT2D eigenvalue weighted by atomic mass is 35.5. The van der Waals surface area contributed by atoms with Gasteiger partial charge in [0.15, 0.2) is 0 Å². The summed E-state index contributed by atoms with van der Waals surface area (Å²) in [6, 6.07) is 25.1. The Morgan fingerprint density at radius 1 is 0.675 bits per heavy atom. The van der Waals surface area contributed by atoms with Crippen LogP contribution in [0, 0.1) is 0 Å². The molecule has 0 heterocycles. The average molecular weight is 575 g/mol. The standard InChI is InChI=1S/C35H39Cl2N.C2H6/c1-34(2,3)27-10-15-29(16-11-27)38(30-17-12-28(13-18-30)35(4,5)6)31-14-9-23-7-8-24-21-32(36)33(37)22-26(24)19-25(23)20-31;1-2/h9-18,20,22,32H,7-8,19,21H2,1-6H3;1-2H3. The van der Waals surface area contributed by atoms with Crippen LogP contribution in [-0.2, 0) is 23.7 Å². The summed E-state index contributed by atoms with van der Waals surface area (Å²) in [4.78, 5) is 2.39. The van der Waals surface area contributed by atoms with E-state index in [0.717, 1.165) is 30.7 Å². The van der Waals surface area contributed by atoms with Gasteiger partial charge in [0.1, 0.15) is 0 Å². The van der Waals surface area contributed by atoms with Crippen LogP contribution in [0.4, 0.5) is 17.1 Å². The molecule has 3 heteroatoms. The van der Waals surface area contributed by atoms with E-state index in [1.54, 1.807) is 0 Å². The molecular weight excluding hydrogens is 529 g/mol. The largest absolute Gasteiger partial charge is 0.310 e. The van der Waals surface area contributed by atoms with Crippen LogP contribution in [0.15, 0.2) is 89.0 Å². The molecule has 2 aliphatic carbocycles. The molecule has 40 heavy (non-hydrogen) atoms. The molecule has 0 saturated heterocycles. The molecule has 2 aliphatic rings. The number of benzene rings is 3. The zero-order valence-corrected chi connectivity index (χ0v) is 27.0. The predicted octanol–water partition coefficient (Wildman–Crippen LogP) is 11.7. The molecule has 5 rings (SSSR count). The smallest absolute Gasteiger partial charge is 0.0729 e. The molecular formula is C37H45Cl2N. The van der Waals surface area contributed by atoms with Gasteiger partial charge in [0.05, 0.1) is 5.38 Å². The molecule has 1 atom stereocenters. The highest BCUT2D eigenvalue weighted by molar-refractivity contribution is 6.37. The van der Waals surface area contributed by atoms with Crippen molar-refractivity contribution in [1.29, 1.82) is 0 Å². The third-order valence-corrected chi connectivity index (χ3v) is 8.87. The van der Waals surface area contributed by atoms with Gasteiger partial charge < -0.3 is 4.90 Å². The van der Waals surface area contributed by atoms with Crippen LogP contribution >= 0.6 is 23.2 Å². The van der Waals surface area contributed by atoms with Gasteiger partial charge in [-0.25, -0.2) is 0 Å². The Morgan fingerprint density at radius 2 is 1.18 bits per heavy atom. The van der Waals surface area contributed by atoms with E-state index in [-0.39, 0.29) is 16.2 Å². The number of fused-ring (bicyclic) bond motifs is 1. The summed E-state index contributed by atoms with van der Waals surface area (Å²) < 4.78 is 0. The summed E-state index contributed by atoms with van der Waals surface area (Å²) in [6.45, 7) is 17.6. The van der Waals surface area contributed by atoms with Gasteiger partial charge in [0, 0.05) is 22.1 Å². The highest BCUT2D eigenvalue weighted by Crippen LogP contribution is 2.41. The summed E-state index contributed by atoms with van der Waals surface area (Å²) in [5.74, 6) is 0. The van der Waals surface area contributed by atoms with Crippen LogP contribution in [0.1, 0.15) is 90.5 Å². The van der Waals surface area contributed by atoms with Crippen LogP contribution in [0.3, 0.4) is 0 Å². The molecule has 212 valence electrons. The minimum absolute atomic E-state index is 0.0881. The number of halogens is 2. The first-order chi connectivity index (χ1) is 18.9. The van der Waals surface area contributed by atoms with Gasteiger partial charge in [-0.2, -0.15) is 0 Å². The molecule has 1 unspecified atom stereocenters. The first-order valence-corrected chi connectivity index (χ1v) is 15.6. The number of hydrogen-bond acceptors (Lipinski definition) is 1. The van der Waals surface area contributed by atoms with Gasteiger partial charge in [-0.1, -0.05) is 103 Å². The van der Waals surface area contributed by atoms with E-state index in [1.165, 1.54) is 50.5 Å². The van der Waals surface area contributed by atoms with Crippen LogP contribution < -0.4 is 4.90 Å². The fourth-order valence-corrected chi connectivity index (χ4v) is 6.02. The van der Waals surface area contributed by atoms with Crippen LogP contribution in [0.2, 0.25) is 0 Å². The van der Waals surface area contributed by atoms with E-state index in [4.69, 9.17) is 23.2 Å². The lowest BCUT2D eigenvalue weighted by Gasteiger charge is -2.28. The van der Waals surface area contributed by atoms with Crippen LogP contribution in [-0.4, -0.2) is 5.38 Å². The minimum Gasteiger partial charge on any atom is -0.310 e. The average Bonchev–Trinajstić information content (AvgIpc) is 3.08. The number of allylic oxidation sites excluding steroid dienone is 4. The molecule has 0 bridgehead atoms. The van der Waals surface area contributed by atoms with Gasteiger partial charge in [0.2, 0.25) is 0 Å². The summed E-state index contributed by atoms with van der Waals surface area (Å²) in [6.07, 6.45) is 5.98. The molecule has 0 saturated carbocycles. The molecule has 1 nitrogen and oxygen atoms in total. The maximum absolute atomic E-state index is 6.49.